The molecule has 0 aliphatic rings. The normalized spacial score (nSPS) is 12.1. The van der Waals surface area contributed by atoms with E-state index in [9.17, 15) is 9.59 Å². The summed E-state index contributed by atoms with van der Waals surface area (Å²) >= 11 is 1.42. The van der Waals surface area contributed by atoms with Crippen molar-refractivity contribution in [1.29, 1.82) is 0 Å². The standard InChI is InChI=1S/C15H15NO3S/c1-10(17)16-14(15(18)19)9-20-13-7-6-11-4-2-3-5-12(11)8-13/h2-8,14H,9H2,1H3,(H,16,17)(H,18,19)/t14-/m0/s1. The molecule has 0 fully saturated rings. The smallest absolute Gasteiger partial charge is 0.327 e. The zero-order chi connectivity index (χ0) is 14.5. The van der Waals surface area contributed by atoms with Gasteiger partial charge in [-0.05, 0) is 22.9 Å². The summed E-state index contributed by atoms with van der Waals surface area (Å²) in [5, 5.41) is 13.7. The van der Waals surface area contributed by atoms with E-state index in [4.69, 9.17) is 5.11 Å². The average molecular weight is 289 g/mol. The first-order chi connectivity index (χ1) is 9.56. The minimum absolute atomic E-state index is 0.299. The van der Waals surface area contributed by atoms with Crippen LogP contribution in [0.15, 0.2) is 47.4 Å². The second kappa shape index (κ2) is 6.43. The van der Waals surface area contributed by atoms with Gasteiger partial charge in [0.1, 0.15) is 6.04 Å². The van der Waals surface area contributed by atoms with Crippen molar-refractivity contribution in [2.75, 3.05) is 5.75 Å². The Morgan fingerprint density at radius 2 is 1.90 bits per heavy atom. The van der Waals surface area contributed by atoms with Gasteiger partial charge >= 0.3 is 5.97 Å². The number of hydrogen-bond donors (Lipinski definition) is 2. The number of carboxylic acid groups (broad SMARTS) is 1. The largest absolute Gasteiger partial charge is 0.480 e. The second-order valence-corrected chi connectivity index (χ2v) is 5.50. The molecule has 1 atom stereocenters. The number of carbonyl (C=O) groups excluding carboxylic acids is 1. The van der Waals surface area contributed by atoms with Crippen molar-refractivity contribution in [3.8, 4) is 0 Å². The molecule has 2 aromatic carbocycles. The van der Waals surface area contributed by atoms with Crippen LogP contribution in [0.25, 0.3) is 10.8 Å². The predicted molar refractivity (Wildman–Crippen MR) is 79.9 cm³/mol. The Kier molecular flexibility index (Phi) is 4.63. The van der Waals surface area contributed by atoms with Crippen LogP contribution in [0.1, 0.15) is 6.92 Å². The van der Waals surface area contributed by atoms with Gasteiger partial charge in [0.15, 0.2) is 0 Å². The van der Waals surface area contributed by atoms with E-state index in [1.165, 1.54) is 18.7 Å². The van der Waals surface area contributed by atoms with Crippen molar-refractivity contribution < 1.29 is 14.7 Å². The maximum Gasteiger partial charge on any atom is 0.327 e. The van der Waals surface area contributed by atoms with Gasteiger partial charge in [-0.15, -0.1) is 11.8 Å². The van der Waals surface area contributed by atoms with Crippen LogP contribution in [0.5, 0.6) is 0 Å². The van der Waals surface area contributed by atoms with E-state index in [2.05, 4.69) is 5.32 Å². The molecule has 0 bridgehead atoms. The Balaban J connectivity index is 2.07. The molecule has 2 rings (SSSR count). The number of aliphatic carboxylic acids is 1. The van der Waals surface area contributed by atoms with Crippen LogP contribution in [0, 0.1) is 0 Å². The van der Waals surface area contributed by atoms with E-state index < -0.39 is 12.0 Å². The molecule has 0 aliphatic heterocycles. The highest BCUT2D eigenvalue weighted by Crippen LogP contribution is 2.24. The highest BCUT2D eigenvalue weighted by molar-refractivity contribution is 7.99. The van der Waals surface area contributed by atoms with Crippen LogP contribution in [0.2, 0.25) is 0 Å². The first-order valence-electron chi connectivity index (χ1n) is 6.18. The second-order valence-electron chi connectivity index (χ2n) is 4.41. The third-order valence-corrected chi connectivity index (χ3v) is 3.90. The molecule has 0 heterocycles. The van der Waals surface area contributed by atoms with Crippen LogP contribution in [-0.2, 0) is 9.59 Å². The van der Waals surface area contributed by atoms with Gasteiger partial charge in [0.25, 0.3) is 0 Å². The number of rotatable bonds is 5. The van der Waals surface area contributed by atoms with Gasteiger partial charge < -0.3 is 10.4 Å². The summed E-state index contributed by atoms with van der Waals surface area (Å²) in [5.74, 6) is -1.06. The predicted octanol–water partition coefficient (Wildman–Crippen LogP) is 2.52. The maximum absolute atomic E-state index is 11.0. The molecule has 1 amide bonds. The fourth-order valence-corrected chi connectivity index (χ4v) is 2.82. The third-order valence-electron chi connectivity index (χ3n) is 2.81. The van der Waals surface area contributed by atoms with Gasteiger partial charge in [0, 0.05) is 17.6 Å². The summed E-state index contributed by atoms with van der Waals surface area (Å²) in [5.41, 5.74) is 0. The molecule has 5 heteroatoms. The average Bonchev–Trinajstić information content (AvgIpc) is 2.42. The van der Waals surface area contributed by atoms with E-state index in [0.29, 0.717) is 5.75 Å². The quantitative estimate of drug-likeness (QED) is 0.830. The zero-order valence-electron chi connectivity index (χ0n) is 11.0. The molecule has 20 heavy (non-hydrogen) atoms. The van der Waals surface area contributed by atoms with Gasteiger partial charge in [0.2, 0.25) is 5.91 Å². The third kappa shape index (κ3) is 3.74. The SMILES string of the molecule is CC(=O)N[C@@H](CSc1ccc2ccccc2c1)C(=O)O. The Hall–Kier alpha value is -2.01. The molecule has 104 valence electrons. The Bertz CT molecular complexity index is 642. The van der Waals surface area contributed by atoms with Gasteiger partial charge in [0.05, 0.1) is 0 Å². The van der Waals surface area contributed by atoms with Gasteiger partial charge in [-0.25, -0.2) is 4.79 Å². The first-order valence-corrected chi connectivity index (χ1v) is 7.16. The topological polar surface area (TPSA) is 66.4 Å². The Morgan fingerprint density at radius 1 is 1.20 bits per heavy atom. The molecule has 0 spiro atoms. The van der Waals surface area contributed by atoms with Crippen molar-refractivity contribution in [3.05, 3.63) is 42.5 Å². The zero-order valence-corrected chi connectivity index (χ0v) is 11.8. The molecule has 2 aromatic rings. The van der Waals surface area contributed by atoms with Gasteiger partial charge in [-0.2, -0.15) is 0 Å². The molecule has 2 N–H and O–H groups in total. The minimum Gasteiger partial charge on any atom is -0.480 e. The van der Waals surface area contributed by atoms with Crippen LogP contribution >= 0.6 is 11.8 Å². The molecule has 0 saturated carbocycles. The van der Waals surface area contributed by atoms with Crippen molar-refractivity contribution in [1.82, 2.24) is 5.32 Å². The number of amides is 1. The lowest BCUT2D eigenvalue weighted by molar-refractivity contribution is -0.140. The number of thioether (sulfide) groups is 1. The number of carboxylic acids is 1. The van der Waals surface area contributed by atoms with E-state index in [1.54, 1.807) is 0 Å². The van der Waals surface area contributed by atoms with E-state index in [-0.39, 0.29) is 5.91 Å². The fraction of sp³-hybridized carbons (Fsp3) is 0.200. The molecule has 4 nitrogen and oxygen atoms in total. The summed E-state index contributed by atoms with van der Waals surface area (Å²) in [4.78, 5) is 23.0. The highest BCUT2D eigenvalue weighted by Gasteiger charge is 2.18. The van der Waals surface area contributed by atoms with E-state index >= 15 is 0 Å². The molecule has 0 aliphatic carbocycles. The lowest BCUT2D eigenvalue weighted by Gasteiger charge is -2.12. The van der Waals surface area contributed by atoms with Crippen molar-refractivity contribution >= 4 is 34.4 Å². The van der Waals surface area contributed by atoms with Gasteiger partial charge in [-0.3, -0.25) is 4.79 Å². The molecule has 0 radical (unpaired) electrons. The number of fused-ring (bicyclic) bond motifs is 1. The molecular formula is C15H15NO3S. The Labute approximate surface area is 121 Å². The maximum atomic E-state index is 11.0. The summed E-state index contributed by atoms with van der Waals surface area (Å²) in [7, 11) is 0. The number of hydrogen-bond acceptors (Lipinski definition) is 3. The molecule has 0 aromatic heterocycles. The monoisotopic (exact) mass is 289 g/mol. The fourth-order valence-electron chi connectivity index (χ4n) is 1.86. The van der Waals surface area contributed by atoms with Crippen LogP contribution in [0.3, 0.4) is 0 Å². The lowest BCUT2D eigenvalue weighted by atomic mass is 10.1. The van der Waals surface area contributed by atoms with Crippen molar-refractivity contribution in [3.63, 3.8) is 0 Å². The number of benzene rings is 2. The number of carbonyl (C=O) groups is 2. The summed E-state index contributed by atoms with van der Waals surface area (Å²) in [6.45, 7) is 1.32. The molecular weight excluding hydrogens is 274 g/mol. The van der Waals surface area contributed by atoms with Crippen LogP contribution in [-0.4, -0.2) is 28.8 Å². The van der Waals surface area contributed by atoms with Crippen molar-refractivity contribution in [2.24, 2.45) is 0 Å². The van der Waals surface area contributed by atoms with Crippen LogP contribution in [0.4, 0.5) is 0 Å². The van der Waals surface area contributed by atoms with Crippen molar-refractivity contribution in [2.45, 2.75) is 17.9 Å². The minimum atomic E-state index is -1.02. The summed E-state index contributed by atoms with van der Waals surface area (Å²) in [6.07, 6.45) is 0. The summed E-state index contributed by atoms with van der Waals surface area (Å²) in [6, 6.07) is 13.1. The van der Waals surface area contributed by atoms with E-state index in [1.807, 2.05) is 42.5 Å². The number of nitrogens with one attached hydrogen (secondary N) is 1. The van der Waals surface area contributed by atoms with Gasteiger partial charge in [-0.1, -0.05) is 30.3 Å². The first kappa shape index (κ1) is 14.4. The Morgan fingerprint density at radius 3 is 2.55 bits per heavy atom. The lowest BCUT2D eigenvalue weighted by Crippen LogP contribution is -2.41. The highest BCUT2D eigenvalue weighted by atomic mass is 32.2. The summed E-state index contributed by atoms with van der Waals surface area (Å²) < 4.78 is 0. The van der Waals surface area contributed by atoms with Crippen LogP contribution < -0.4 is 5.32 Å². The molecule has 0 saturated heterocycles. The van der Waals surface area contributed by atoms with E-state index in [0.717, 1.165) is 15.7 Å². The molecule has 0 unspecified atom stereocenters.